The van der Waals surface area contributed by atoms with Crippen LogP contribution in [-0.4, -0.2) is 36.3 Å². The Balaban J connectivity index is 1.74. The number of aromatic nitrogens is 1. The minimum atomic E-state index is -0.472. The standard InChI is InChI=1S/C22H22FN3O3/c1-28-15-9-10-16(20(14-15)29-2)21-19-8-5-11-25(19)12-13-26(21)22(27)24-18-7-4-3-6-17(18)23/h3-11,14,21H,12-13H2,1-2H3,(H,24,27)/t21-/m1/s1. The fraction of sp³-hybridized carbons (Fsp3) is 0.227. The van der Waals surface area contributed by atoms with Crippen LogP contribution in [0.1, 0.15) is 17.3 Å². The maximum Gasteiger partial charge on any atom is 0.322 e. The van der Waals surface area contributed by atoms with E-state index in [0.29, 0.717) is 24.6 Å². The van der Waals surface area contributed by atoms with Gasteiger partial charge in [-0.3, -0.25) is 0 Å². The SMILES string of the molecule is COc1ccc([C@@H]2c3cccn3CCN2C(=O)Nc2ccccc2F)c(OC)c1. The first-order valence-corrected chi connectivity index (χ1v) is 9.31. The van der Waals surface area contributed by atoms with Crippen molar-refractivity contribution in [3.05, 3.63) is 77.9 Å². The minimum absolute atomic E-state index is 0.152. The number of hydrogen-bond donors (Lipinski definition) is 1. The Morgan fingerprint density at radius 2 is 1.90 bits per heavy atom. The number of halogens is 1. The van der Waals surface area contributed by atoms with E-state index in [1.54, 1.807) is 43.4 Å². The normalized spacial score (nSPS) is 15.6. The number of fused-ring (bicyclic) bond motifs is 1. The predicted octanol–water partition coefficient (Wildman–Crippen LogP) is 4.28. The maximum absolute atomic E-state index is 14.1. The van der Waals surface area contributed by atoms with Gasteiger partial charge in [0.05, 0.1) is 19.9 Å². The Hall–Kier alpha value is -3.48. The van der Waals surface area contributed by atoms with Crippen molar-refractivity contribution < 1.29 is 18.7 Å². The van der Waals surface area contributed by atoms with E-state index in [0.717, 1.165) is 11.3 Å². The Morgan fingerprint density at radius 1 is 1.07 bits per heavy atom. The Kier molecular flexibility index (Phi) is 5.12. The third kappa shape index (κ3) is 3.51. The van der Waals surface area contributed by atoms with Crippen molar-refractivity contribution in [2.75, 3.05) is 26.1 Å². The molecule has 3 aromatic rings. The first kappa shape index (κ1) is 18.9. The van der Waals surface area contributed by atoms with E-state index >= 15 is 0 Å². The van der Waals surface area contributed by atoms with Gasteiger partial charge in [-0.2, -0.15) is 0 Å². The molecule has 29 heavy (non-hydrogen) atoms. The van der Waals surface area contributed by atoms with Crippen LogP contribution in [0, 0.1) is 5.82 Å². The molecule has 0 saturated heterocycles. The third-order valence-corrected chi connectivity index (χ3v) is 5.15. The zero-order valence-corrected chi connectivity index (χ0v) is 16.3. The molecule has 1 aliphatic rings. The summed E-state index contributed by atoms with van der Waals surface area (Å²) in [6.07, 6.45) is 1.99. The van der Waals surface area contributed by atoms with Crippen molar-refractivity contribution in [1.29, 1.82) is 0 Å². The first-order valence-electron chi connectivity index (χ1n) is 9.31. The summed E-state index contributed by atoms with van der Waals surface area (Å²) in [6, 6.07) is 14.9. The summed E-state index contributed by atoms with van der Waals surface area (Å²) in [4.78, 5) is 14.8. The van der Waals surface area contributed by atoms with Crippen LogP contribution in [0.25, 0.3) is 0 Å². The lowest BCUT2D eigenvalue weighted by Gasteiger charge is -2.37. The number of rotatable bonds is 4. The smallest absolute Gasteiger partial charge is 0.322 e. The van der Waals surface area contributed by atoms with Gasteiger partial charge in [-0.1, -0.05) is 12.1 Å². The molecule has 0 fully saturated rings. The molecule has 4 rings (SSSR count). The molecule has 1 N–H and O–H groups in total. The summed E-state index contributed by atoms with van der Waals surface area (Å²) in [6.45, 7) is 1.13. The van der Waals surface area contributed by atoms with Gasteiger partial charge >= 0.3 is 6.03 Å². The van der Waals surface area contributed by atoms with Gasteiger partial charge in [0, 0.05) is 36.6 Å². The highest BCUT2D eigenvalue weighted by Gasteiger charge is 2.34. The van der Waals surface area contributed by atoms with E-state index in [1.165, 1.54) is 6.07 Å². The van der Waals surface area contributed by atoms with Crippen LogP contribution in [0.5, 0.6) is 11.5 Å². The fourth-order valence-corrected chi connectivity index (χ4v) is 3.72. The molecule has 7 heteroatoms. The number of para-hydroxylation sites is 1. The van der Waals surface area contributed by atoms with Crippen molar-refractivity contribution in [2.45, 2.75) is 12.6 Å². The lowest BCUT2D eigenvalue weighted by molar-refractivity contribution is 0.180. The second-order valence-corrected chi connectivity index (χ2v) is 6.74. The van der Waals surface area contributed by atoms with E-state index in [2.05, 4.69) is 9.88 Å². The molecule has 1 aromatic heterocycles. The zero-order valence-electron chi connectivity index (χ0n) is 16.3. The summed E-state index contributed by atoms with van der Waals surface area (Å²) in [7, 11) is 3.18. The number of nitrogens with one attached hydrogen (secondary N) is 1. The molecule has 2 heterocycles. The molecule has 0 aliphatic carbocycles. The van der Waals surface area contributed by atoms with Crippen molar-refractivity contribution in [3.63, 3.8) is 0 Å². The second-order valence-electron chi connectivity index (χ2n) is 6.74. The van der Waals surface area contributed by atoms with Crippen LogP contribution in [0.15, 0.2) is 60.8 Å². The van der Waals surface area contributed by atoms with Gasteiger partial charge in [0.25, 0.3) is 0 Å². The Labute approximate surface area is 168 Å². The van der Waals surface area contributed by atoms with Crippen LogP contribution < -0.4 is 14.8 Å². The number of amides is 2. The zero-order chi connectivity index (χ0) is 20.4. The molecule has 150 valence electrons. The number of urea groups is 1. The largest absolute Gasteiger partial charge is 0.497 e. The van der Waals surface area contributed by atoms with Crippen LogP contribution >= 0.6 is 0 Å². The van der Waals surface area contributed by atoms with Gasteiger partial charge in [-0.05, 0) is 36.4 Å². The van der Waals surface area contributed by atoms with E-state index in [4.69, 9.17) is 9.47 Å². The van der Waals surface area contributed by atoms with Gasteiger partial charge in [0.2, 0.25) is 0 Å². The minimum Gasteiger partial charge on any atom is -0.497 e. The molecule has 1 atom stereocenters. The predicted molar refractivity (Wildman–Crippen MR) is 108 cm³/mol. The summed E-state index contributed by atoms with van der Waals surface area (Å²) >= 11 is 0. The molecule has 0 spiro atoms. The van der Waals surface area contributed by atoms with Gasteiger partial charge in [0.1, 0.15) is 23.4 Å². The lowest BCUT2D eigenvalue weighted by Crippen LogP contribution is -2.44. The van der Waals surface area contributed by atoms with Crippen molar-refractivity contribution in [2.24, 2.45) is 0 Å². The number of carbonyl (C=O) groups excluding carboxylic acids is 1. The van der Waals surface area contributed by atoms with Gasteiger partial charge in [-0.15, -0.1) is 0 Å². The van der Waals surface area contributed by atoms with Crippen molar-refractivity contribution >= 4 is 11.7 Å². The first-order chi connectivity index (χ1) is 14.1. The molecule has 0 radical (unpaired) electrons. The van der Waals surface area contributed by atoms with Crippen LogP contribution in [0.4, 0.5) is 14.9 Å². The maximum atomic E-state index is 14.1. The highest BCUT2D eigenvalue weighted by molar-refractivity contribution is 5.90. The number of ether oxygens (including phenoxy) is 2. The molecule has 1 aliphatic heterocycles. The highest BCUT2D eigenvalue weighted by atomic mass is 19.1. The van der Waals surface area contributed by atoms with Crippen molar-refractivity contribution in [3.8, 4) is 11.5 Å². The van der Waals surface area contributed by atoms with E-state index in [-0.39, 0.29) is 17.8 Å². The highest BCUT2D eigenvalue weighted by Crippen LogP contribution is 2.39. The van der Waals surface area contributed by atoms with Gasteiger partial charge < -0.3 is 24.3 Å². The molecule has 0 bridgehead atoms. The number of anilines is 1. The monoisotopic (exact) mass is 395 g/mol. The summed E-state index contributed by atoms with van der Waals surface area (Å²) in [5, 5.41) is 2.70. The second kappa shape index (κ2) is 7.87. The van der Waals surface area contributed by atoms with E-state index < -0.39 is 5.82 Å². The number of carbonyl (C=O) groups is 1. The van der Waals surface area contributed by atoms with Gasteiger partial charge in [0.15, 0.2) is 0 Å². The van der Waals surface area contributed by atoms with Crippen LogP contribution in [0.3, 0.4) is 0 Å². The van der Waals surface area contributed by atoms with E-state index in [9.17, 15) is 9.18 Å². The number of methoxy groups -OCH3 is 2. The quantitative estimate of drug-likeness (QED) is 0.717. The molecular weight excluding hydrogens is 373 g/mol. The molecular formula is C22H22FN3O3. The van der Waals surface area contributed by atoms with Crippen molar-refractivity contribution in [1.82, 2.24) is 9.47 Å². The average molecular weight is 395 g/mol. The molecule has 6 nitrogen and oxygen atoms in total. The molecule has 0 unspecified atom stereocenters. The van der Waals surface area contributed by atoms with Crippen LogP contribution in [-0.2, 0) is 6.54 Å². The van der Waals surface area contributed by atoms with Gasteiger partial charge in [-0.25, -0.2) is 9.18 Å². The fourth-order valence-electron chi connectivity index (χ4n) is 3.72. The summed E-state index contributed by atoms with van der Waals surface area (Å²) < 4.78 is 27.1. The third-order valence-electron chi connectivity index (χ3n) is 5.15. The lowest BCUT2D eigenvalue weighted by atomic mass is 9.99. The number of hydrogen-bond acceptors (Lipinski definition) is 3. The number of benzene rings is 2. The number of nitrogens with zero attached hydrogens (tertiary/aromatic N) is 2. The Bertz CT molecular complexity index is 1030. The summed E-state index contributed by atoms with van der Waals surface area (Å²) in [5.74, 6) is 0.812. The molecule has 0 saturated carbocycles. The topological polar surface area (TPSA) is 55.7 Å². The molecule has 2 amide bonds. The van der Waals surface area contributed by atoms with E-state index in [1.807, 2.05) is 30.5 Å². The average Bonchev–Trinajstić information content (AvgIpc) is 3.23. The Morgan fingerprint density at radius 3 is 2.66 bits per heavy atom. The molecule has 2 aromatic carbocycles. The summed E-state index contributed by atoms with van der Waals surface area (Å²) in [5.41, 5.74) is 1.94. The van der Waals surface area contributed by atoms with Crippen LogP contribution in [0.2, 0.25) is 0 Å².